The molecule has 0 radical (unpaired) electrons. The molecule has 0 aliphatic heterocycles. The van der Waals surface area contributed by atoms with Crippen LogP contribution >= 0.6 is 36.6 Å². The van der Waals surface area contributed by atoms with E-state index in [1.54, 1.807) is 36.3 Å². The summed E-state index contributed by atoms with van der Waals surface area (Å²) in [6.07, 6.45) is 5.93. The summed E-state index contributed by atoms with van der Waals surface area (Å²) in [7, 11) is 0. The van der Waals surface area contributed by atoms with E-state index < -0.39 is 6.04 Å². The fourth-order valence-corrected chi connectivity index (χ4v) is 1.54. The Morgan fingerprint density at radius 2 is 2.29 bits per heavy atom. The molecular formula is C10H17Cl2N3OS. The van der Waals surface area contributed by atoms with Crippen LogP contribution in [0.3, 0.4) is 0 Å². The third-order valence-corrected chi connectivity index (χ3v) is 2.54. The van der Waals surface area contributed by atoms with Gasteiger partial charge in [-0.25, -0.2) is 0 Å². The second kappa shape index (κ2) is 10.7. The van der Waals surface area contributed by atoms with Crippen molar-refractivity contribution in [1.82, 2.24) is 4.98 Å². The maximum atomic E-state index is 11.5. The van der Waals surface area contributed by atoms with Gasteiger partial charge in [0.25, 0.3) is 0 Å². The van der Waals surface area contributed by atoms with Gasteiger partial charge in [0.2, 0.25) is 5.91 Å². The molecule has 3 N–H and O–H groups in total. The number of anilines is 1. The minimum Gasteiger partial charge on any atom is -0.323 e. The number of carbonyl (C=O) groups excluding carboxylic acids is 1. The highest BCUT2D eigenvalue weighted by Gasteiger charge is 2.12. The predicted molar refractivity (Wildman–Crippen MR) is 78.3 cm³/mol. The van der Waals surface area contributed by atoms with Crippen molar-refractivity contribution >= 4 is 48.2 Å². The number of hydrogen-bond donors (Lipinski definition) is 2. The van der Waals surface area contributed by atoms with Gasteiger partial charge in [0.15, 0.2) is 0 Å². The van der Waals surface area contributed by atoms with Crippen LogP contribution in [0.1, 0.15) is 6.42 Å². The highest BCUT2D eigenvalue weighted by molar-refractivity contribution is 7.98. The van der Waals surface area contributed by atoms with Crippen molar-refractivity contribution in [2.45, 2.75) is 12.5 Å². The summed E-state index contributed by atoms with van der Waals surface area (Å²) in [6, 6.07) is 3.10. The van der Waals surface area contributed by atoms with E-state index in [9.17, 15) is 4.79 Å². The Bertz CT molecular complexity index is 314. The normalized spacial score (nSPS) is 10.7. The number of pyridine rings is 1. The van der Waals surface area contributed by atoms with Crippen LogP contribution in [0.2, 0.25) is 0 Å². The highest BCUT2D eigenvalue weighted by atomic mass is 35.5. The van der Waals surface area contributed by atoms with Crippen molar-refractivity contribution in [3.8, 4) is 0 Å². The number of aromatic nitrogens is 1. The highest BCUT2D eigenvalue weighted by Crippen LogP contribution is 2.05. The Labute approximate surface area is 118 Å². The summed E-state index contributed by atoms with van der Waals surface area (Å²) < 4.78 is 0. The third kappa shape index (κ3) is 7.44. The maximum Gasteiger partial charge on any atom is 0.241 e. The van der Waals surface area contributed by atoms with E-state index in [0.29, 0.717) is 12.1 Å². The largest absolute Gasteiger partial charge is 0.323 e. The van der Waals surface area contributed by atoms with Gasteiger partial charge in [0, 0.05) is 6.20 Å². The third-order valence-electron chi connectivity index (χ3n) is 1.90. The van der Waals surface area contributed by atoms with Crippen LogP contribution < -0.4 is 11.1 Å². The molecule has 1 heterocycles. The van der Waals surface area contributed by atoms with Gasteiger partial charge in [-0.05, 0) is 30.6 Å². The van der Waals surface area contributed by atoms with Crippen molar-refractivity contribution < 1.29 is 4.79 Å². The zero-order valence-electron chi connectivity index (χ0n) is 9.46. The SMILES string of the molecule is CSCCC(N)C(=O)Nc1cccnc1.Cl.Cl. The molecule has 1 atom stereocenters. The van der Waals surface area contributed by atoms with E-state index in [2.05, 4.69) is 10.3 Å². The quantitative estimate of drug-likeness (QED) is 0.872. The topological polar surface area (TPSA) is 68.0 Å². The van der Waals surface area contributed by atoms with Gasteiger partial charge in [-0.2, -0.15) is 11.8 Å². The predicted octanol–water partition coefficient (Wildman–Crippen LogP) is 1.94. The minimum absolute atomic E-state index is 0. The molecule has 4 nitrogen and oxygen atoms in total. The Kier molecular flexibility index (Phi) is 11.8. The zero-order chi connectivity index (χ0) is 11.1. The number of hydrogen-bond acceptors (Lipinski definition) is 4. The maximum absolute atomic E-state index is 11.5. The molecule has 0 aliphatic rings. The standard InChI is InChI=1S/C10H15N3OS.2ClH/c1-15-6-4-9(11)10(14)13-8-3-2-5-12-7-8;;/h2-3,5,7,9H,4,6,11H2,1H3,(H,13,14);2*1H. The number of thioether (sulfide) groups is 1. The molecular weight excluding hydrogens is 281 g/mol. The van der Waals surface area contributed by atoms with Gasteiger partial charge in [-0.15, -0.1) is 24.8 Å². The molecule has 0 aliphatic carbocycles. The fourth-order valence-electron chi connectivity index (χ4n) is 1.05. The molecule has 0 saturated carbocycles. The number of amides is 1. The molecule has 0 fully saturated rings. The van der Waals surface area contributed by atoms with E-state index in [0.717, 1.165) is 5.75 Å². The Balaban J connectivity index is 0. The van der Waals surface area contributed by atoms with Crippen LogP contribution in [-0.2, 0) is 4.79 Å². The second-order valence-corrected chi connectivity index (χ2v) is 4.10. The fraction of sp³-hybridized carbons (Fsp3) is 0.400. The van der Waals surface area contributed by atoms with Crippen LogP contribution in [0.15, 0.2) is 24.5 Å². The molecule has 1 rings (SSSR count). The number of carbonyl (C=O) groups is 1. The molecule has 0 saturated heterocycles. The number of rotatable bonds is 5. The molecule has 1 unspecified atom stereocenters. The van der Waals surface area contributed by atoms with Gasteiger partial charge >= 0.3 is 0 Å². The van der Waals surface area contributed by atoms with Crippen molar-refractivity contribution in [3.63, 3.8) is 0 Å². The molecule has 17 heavy (non-hydrogen) atoms. The number of halogens is 2. The van der Waals surface area contributed by atoms with Crippen LogP contribution in [-0.4, -0.2) is 28.9 Å². The molecule has 0 spiro atoms. The molecule has 98 valence electrons. The van der Waals surface area contributed by atoms with Gasteiger partial charge in [-0.1, -0.05) is 0 Å². The first-order valence-corrected chi connectivity index (χ1v) is 6.09. The Morgan fingerprint density at radius 3 is 2.82 bits per heavy atom. The summed E-state index contributed by atoms with van der Waals surface area (Å²) in [6.45, 7) is 0. The molecule has 0 aromatic carbocycles. The van der Waals surface area contributed by atoms with E-state index in [-0.39, 0.29) is 30.7 Å². The van der Waals surface area contributed by atoms with Crippen molar-refractivity contribution in [2.75, 3.05) is 17.3 Å². The first-order valence-electron chi connectivity index (χ1n) is 4.69. The van der Waals surface area contributed by atoms with E-state index in [1.165, 1.54) is 0 Å². The average molecular weight is 298 g/mol. The first-order chi connectivity index (χ1) is 7.24. The average Bonchev–Trinajstić information content (AvgIpc) is 2.27. The lowest BCUT2D eigenvalue weighted by Gasteiger charge is -2.10. The summed E-state index contributed by atoms with van der Waals surface area (Å²) in [5, 5.41) is 2.71. The minimum atomic E-state index is -0.447. The van der Waals surface area contributed by atoms with Crippen molar-refractivity contribution in [3.05, 3.63) is 24.5 Å². The molecule has 1 aromatic heterocycles. The lowest BCUT2D eigenvalue weighted by atomic mass is 10.2. The van der Waals surface area contributed by atoms with E-state index >= 15 is 0 Å². The second-order valence-electron chi connectivity index (χ2n) is 3.12. The lowest BCUT2D eigenvalue weighted by molar-refractivity contribution is -0.117. The molecule has 1 aromatic rings. The molecule has 0 bridgehead atoms. The van der Waals surface area contributed by atoms with Gasteiger partial charge in [0.05, 0.1) is 17.9 Å². The summed E-state index contributed by atoms with van der Waals surface area (Å²) in [5.41, 5.74) is 6.39. The van der Waals surface area contributed by atoms with Crippen LogP contribution in [0.5, 0.6) is 0 Å². The summed E-state index contributed by atoms with van der Waals surface area (Å²) >= 11 is 1.68. The van der Waals surface area contributed by atoms with Crippen LogP contribution in [0.25, 0.3) is 0 Å². The van der Waals surface area contributed by atoms with E-state index in [4.69, 9.17) is 5.73 Å². The number of nitrogens with zero attached hydrogens (tertiary/aromatic N) is 1. The lowest BCUT2D eigenvalue weighted by Crippen LogP contribution is -2.36. The first kappa shape index (κ1) is 18.9. The number of nitrogens with two attached hydrogens (primary N) is 1. The molecule has 7 heteroatoms. The Morgan fingerprint density at radius 1 is 1.59 bits per heavy atom. The zero-order valence-corrected chi connectivity index (χ0v) is 11.9. The van der Waals surface area contributed by atoms with Gasteiger partial charge in [-0.3, -0.25) is 9.78 Å². The van der Waals surface area contributed by atoms with Gasteiger partial charge in [0.1, 0.15) is 0 Å². The smallest absolute Gasteiger partial charge is 0.241 e. The molecule has 1 amide bonds. The summed E-state index contributed by atoms with van der Waals surface area (Å²) in [4.78, 5) is 15.4. The Hall–Kier alpha value is -0.490. The monoisotopic (exact) mass is 297 g/mol. The van der Waals surface area contributed by atoms with Crippen molar-refractivity contribution in [2.24, 2.45) is 5.73 Å². The van der Waals surface area contributed by atoms with Crippen LogP contribution in [0, 0.1) is 0 Å². The number of nitrogens with one attached hydrogen (secondary N) is 1. The van der Waals surface area contributed by atoms with Gasteiger partial charge < -0.3 is 11.1 Å². The van der Waals surface area contributed by atoms with Crippen LogP contribution in [0.4, 0.5) is 5.69 Å². The van der Waals surface area contributed by atoms with Crippen molar-refractivity contribution in [1.29, 1.82) is 0 Å². The van der Waals surface area contributed by atoms with E-state index in [1.807, 2.05) is 6.26 Å². The summed E-state index contributed by atoms with van der Waals surface area (Å²) in [5.74, 6) is 0.735.